The number of allylic oxidation sites excluding steroid dienone is 2. The second-order valence-electron chi connectivity index (χ2n) is 7.82. The third-order valence-corrected chi connectivity index (χ3v) is 5.71. The second kappa shape index (κ2) is 8.86. The number of ketones is 2. The topological polar surface area (TPSA) is 156 Å². The van der Waals surface area contributed by atoms with E-state index in [-0.39, 0.29) is 35.8 Å². The van der Waals surface area contributed by atoms with Crippen molar-refractivity contribution < 1.29 is 40.2 Å². The molecule has 2 aromatic carbocycles. The summed E-state index contributed by atoms with van der Waals surface area (Å²) in [5.74, 6) is -5.62. The predicted octanol–water partition coefficient (Wildman–Crippen LogP) is 2.62. The van der Waals surface area contributed by atoms with E-state index in [1.807, 2.05) is 0 Å². The molecular weight excluding hydrogens is 416 g/mol. The normalized spacial score (nSPS) is 20.6. The summed E-state index contributed by atoms with van der Waals surface area (Å²) in [6.45, 7) is 0. The van der Waals surface area contributed by atoms with Gasteiger partial charge in [0.25, 0.3) is 0 Å². The number of hydrogen-bond acceptors (Lipinski definition) is 8. The van der Waals surface area contributed by atoms with Crippen molar-refractivity contribution >= 4 is 23.7 Å². The minimum atomic E-state index is -2.57. The van der Waals surface area contributed by atoms with Gasteiger partial charge in [0.05, 0.1) is 0 Å². The maximum Gasteiger partial charge on any atom is 0.183 e. The van der Waals surface area contributed by atoms with E-state index in [9.17, 15) is 40.2 Å². The van der Waals surface area contributed by atoms with Gasteiger partial charge in [-0.3, -0.25) is 9.59 Å². The third kappa shape index (κ3) is 4.37. The van der Waals surface area contributed by atoms with E-state index in [0.29, 0.717) is 24.0 Å². The number of benzene rings is 2. The summed E-state index contributed by atoms with van der Waals surface area (Å²) in [5, 5.41) is 59.4. The highest BCUT2D eigenvalue weighted by Gasteiger charge is 2.59. The van der Waals surface area contributed by atoms with Gasteiger partial charge < -0.3 is 30.6 Å². The Morgan fingerprint density at radius 3 is 1.53 bits per heavy atom. The van der Waals surface area contributed by atoms with Gasteiger partial charge in [-0.25, -0.2) is 0 Å². The lowest BCUT2D eigenvalue weighted by Crippen LogP contribution is -2.59. The van der Waals surface area contributed by atoms with Crippen molar-refractivity contribution in [1.29, 1.82) is 0 Å². The first-order chi connectivity index (χ1) is 15.1. The summed E-state index contributed by atoms with van der Waals surface area (Å²) in [7, 11) is 0. The van der Waals surface area contributed by atoms with Gasteiger partial charge in [0, 0.05) is 6.42 Å². The maximum absolute atomic E-state index is 13.2. The molecule has 8 nitrogen and oxygen atoms in total. The van der Waals surface area contributed by atoms with Crippen molar-refractivity contribution in [3.63, 3.8) is 0 Å². The monoisotopic (exact) mass is 440 g/mol. The average molecular weight is 440 g/mol. The van der Waals surface area contributed by atoms with Gasteiger partial charge in [-0.15, -0.1) is 0 Å². The highest BCUT2D eigenvalue weighted by molar-refractivity contribution is 6.18. The van der Waals surface area contributed by atoms with Crippen LogP contribution in [0.1, 0.15) is 36.8 Å². The van der Waals surface area contributed by atoms with Crippen molar-refractivity contribution in [2.75, 3.05) is 0 Å². The van der Waals surface area contributed by atoms with E-state index in [4.69, 9.17) is 0 Å². The standard InChI is InChI=1S/C24H24O8/c25-17-7-3-15(13-19(17)27)5-9-21(29)23(11-1-2-12-24(23,31)32)22(30)10-6-16-4-8-18(26)20(28)14-16/h3-10,13-14,25-28,31-32H,1-2,11-12H2. The first-order valence-corrected chi connectivity index (χ1v) is 10.0. The molecule has 32 heavy (non-hydrogen) atoms. The number of hydrogen-bond donors (Lipinski definition) is 6. The van der Waals surface area contributed by atoms with Crippen LogP contribution in [0.5, 0.6) is 23.0 Å². The fourth-order valence-corrected chi connectivity index (χ4v) is 3.85. The van der Waals surface area contributed by atoms with Crippen LogP contribution in [0.25, 0.3) is 12.2 Å². The number of aromatic hydroxyl groups is 4. The Morgan fingerprint density at radius 1 is 0.688 bits per heavy atom. The number of aliphatic hydroxyl groups is 2. The molecule has 2 aromatic rings. The zero-order chi connectivity index (χ0) is 23.5. The first kappa shape index (κ1) is 23.1. The lowest BCUT2D eigenvalue weighted by Gasteiger charge is -2.43. The summed E-state index contributed by atoms with van der Waals surface area (Å²) >= 11 is 0. The molecule has 0 unspecified atom stereocenters. The molecule has 1 saturated carbocycles. The quantitative estimate of drug-likeness (QED) is 0.173. The molecule has 1 aliphatic rings. The highest BCUT2D eigenvalue weighted by atomic mass is 16.5. The molecule has 1 aliphatic carbocycles. The first-order valence-electron chi connectivity index (χ1n) is 10.0. The van der Waals surface area contributed by atoms with Crippen LogP contribution in [-0.4, -0.2) is 48.0 Å². The largest absolute Gasteiger partial charge is 0.504 e. The van der Waals surface area contributed by atoms with Crippen LogP contribution in [0, 0.1) is 5.41 Å². The molecule has 0 spiro atoms. The predicted molar refractivity (Wildman–Crippen MR) is 116 cm³/mol. The van der Waals surface area contributed by atoms with Crippen LogP contribution in [0.15, 0.2) is 48.6 Å². The summed E-state index contributed by atoms with van der Waals surface area (Å²) in [5.41, 5.74) is -1.40. The molecule has 3 rings (SSSR count). The molecule has 168 valence electrons. The van der Waals surface area contributed by atoms with E-state index in [1.165, 1.54) is 48.6 Å². The van der Waals surface area contributed by atoms with Crippen LogP contribution in [0.3, 0.4) is 0 Å². The number of rotatable bonds is 6. The van der Waals surface area contributed by atoms with Crippen molar-refractivity contribution in [2.45, 2.75) is 31.5 Å². The molecule has 0 amide bonds. The molecule has 0 saturated heterocycles. The Hall–Kier alpha value is -3.62. The number of phenolic OH excluding ortho intramolecular Hbond substituents is 4. The average Bonchev–Trinajstić information content (AvgIpc) is 2.74. The lowest BCUT2D eigenvalue weighted by atomic mass is 9.63. The van der Waals surface area contributed by atoms with Gasteiger partial charge in [0.1, 0.15) is 5.41 Å². The second-order valence-corrected chi connectivity index (χ2v) is 7.82. The molecule has 8 heteroatoms. The van der Waals surface area contributed by atoms with Gasteiger partial charge in [0.2, 0.25) is 0 Å². The molecule has 6 N–H and O–H groups in total. The minimum Gasteiger partial charge on any atom is -0.504 e. The van der Waals surface area contributed by atoms with Crippen LogP contribution in [-0.2, 0) is 9.59 Å². The van der Waals surface area contributed by atoms with E-state index in [2.05, 4.69) is 0 Å². The van der Waals surface area contributed by atoms with E-state index >= 15 is 0 Å². The highest BCUT2D eigenvalue weighted by Crippen LogP contribution is 2.45. The van der Waals surface area contributed by atoms with E-state index in [1.54, 1.807) is 0 Å². The molecule has 0 radical (unpaired) electrons. The Labute approximate surface area is 184 Å². The zero-order valence-electron chi connectivity index (χ0n) is 17.1. The molecule has 0 aliphatic heterocycles. The Kier molecular flexibility index (Phi) is 6.38. The van der Waals surface area contributed by atoms with Crippen molar-refractivity contribution in [3.05, 3.63) is 59.7 Å². The van der Waals surface area contributed by atoms with Crippen molar-refractivity contribution in [2.24, 2.45) is 5.41 Å². The van der Waals surface area contributed by atoms with Crippen LogP contribution < -0.4 is 0 Å². The van der Waals surface area contributed by atoms with Crippen LogP contribution >= 0.6 is 0 Å². The Bertz CT molecular complexity index is 1020. The van der Waals surface area contributed by atoms with Crippen LogP contribution in [0.2, 0.25) is 0 Å². The molecule has 0 bridgehead atoms. The SMILES string of the molecule is O=C(C=Cc1ccc(O)c(O)c1)C1(C(=O)C=Cc2ccc(O)c(O)c2)CCCCC1(O)O. The van der Waals surface area contributed by atoms with Crippen molar-refractivity contribution in [1.82, 2.24) is 0 Å². The number of carbonyl (C=O) groups excluding carboxylic acids is 2. The number of phenols is 4. The Morgan fingerprint density at radius 2 is 1.12 bits per heavy atom. The third-order valence-electron chi connectivity index (χ3n) is 5.71. The van der Waals surface area contributed by atoms with Crippen LogP contribution in [0.4, 0.5) is 0 Å². The van der Waals surface area contributed by atoms with Crippen molar-refractivity contribution in [3.8, 4) is 23.0 Å². The molecule has 0 aromatic heterocycles. The molecule has 0 heterocycles. The zero-order valence-corrected chi connectivity index (χ0v) is 17.1. The van der Waals surface area contributed by atoms with Gasteiger partial charge in [-0.2, -0.15) is 0 Å². The smallest absolute Gasteiger partial charge is 0.183 e. The van der Waals surface area contributed by atoms with Gasteiger partial charge >= 0.3 is 0 Å². The fourth-order valence-electron chi connectivity index (χ4n) is 3.85. The lowest BCUT2D eigenvalue weighted by molar-refractivity contribution is -0.243. The van der Waals surface area contributed by atoms with Gasteiger partial charge in [-0.1, -0.05) is 30.7 Å². The molecular formula is C24H24O8. The molecule has 1 fully saturated rings. The Balaban J connectivity index is 1.95. The van der Waals surface area contributed by atoms with E-state index in [0.717, 1.165) is 12.2 Å². The maximum atomic E-state index is 13.2. The van der Waals surface area contributed by atoms with Gasteiger partial charge in [-0.05, 0) is 60.4 Å². The summed E-state index contributed by atoms with van der Waals surface area (Å²) < 4.78 is 0. The summed E-state index contributed by atoms with van der Waals surface area (Å²) in [4.78, 5) is 26.3. The molecule has 0 atom stereocenters. The summed E-state index contributed by atoms with van der Waals surface area (Å²) in [6.07, 6.45) is 5.35. The fraction of sp³-hybridized carbons (Fsp3) is 0.250. The summed E-state index contributed by atoms with van der Waals surface area (Å²) in [6, 6.07) is 7.79. The van der Waals surface area contributed by atoms with Gasteiger partial charge in [0.15, 0.2) is 40.4 Å². The minimum absolute atomic E-state index is 0.0754. The van der Waals surface area contributed by atoms with E-state index < -0.39 is 22.8 Å². The number of carbonyl (C=O) groups is 2.